The number of hydrogen-bond donors (Lipinski definition) is 2. The largest absolute Gasteiger partial charge is 0.380 e. The minimum Gasteiger partial charge on any atom is -0.380 e. The van der Waals surface area contributed by atoms with Crippen molar-refractivity contribution in [1.29, 1.82) is 0 Å². The minimum atomic E-state index is 0.599. The molecule has 20 heavy (non-hydrogen) atoms. The van der Waals surface area contributed by atoms with Crippen molar-refractivity contribution in [2.75, 3.05) is 24.8 Å². The molecule has 0 radical (unpaired) electrons. The summed E-state index contributed by atoms with van der Waals surface area (Å²) in [7, 11) is 3.56. The second-order valence-corrected chi connectivity index (χ2v) is 4.41. The number of rotatable bonds is 6. The molecule has 0 aliphatic rings. The van der Waals surface area contributed by atoms with E-state index in [0.717, 1.165) is 34.9 Å². The third-order valence-electron chi connectivity index (χ3n) is 3.04. The van der Waals surface area contributed by atoms with Crippen LogP contribution in [0, 0.1) is 0 Å². The monoisotopic (exact) mass is 272 g/mol. The summed E-state index contributed by atoms with van der Waals surface area (Å²) < 4.78 is 5.15. The summed E-state index contributed by atoms with van der Waals surface area (Å²) in [5.41, 5.74) is 3.19. The van der Waals surface area contributed by atoms with Gasteiger partial charge in [0.05, 0.1) is 6.61 Å². The maximum Gasteiger partial charge on any atom is 0.139 e. The van der Waals surface area contributed by atoms with Crippen LogP contribution in [0.15, 0.2) is 30.6 Å². The van der Waals surface area contributed by atoms with Crippen molar-refractivity contribution in [3.63, 3.8) is 0 Å². The lowest BCUT2D eigenvalue weighted by atomic mass is 10.2. The van der Waals surface area contributed by atoms with Gasteiger partial charge in [-0.2, -0.15) is 0 Å². The van der Waals surface area contributed by atoms with Crippen molar-refractivity contribution >= 4 is 17.3 Å². The number of hydrogen-bond acceptors (Lipinski definition) is 5. The summed E-state index contributed by atoms with van der Waals surface area (Å²) in [5.74, 6) is 1.69. The third-order valence-corrected chi connectivity index (χ3v) is 3.04. The van der Waals surface area contributed by atoms with Crippen molar-refractivity contribution in [3.8, 4) is 0 Å². The zero-order chi connectivity index (χ0) is 14.4. The van der Waals surface area contributed by atoms with Crippen LogP contribution in [-0.4, -0.2) is 24.1 Å². The van der Waals surface area contributed by atoms with Crippen LogP contribution in [0.1, 0.15) is 18.1 Å². The van der Waals surface area contributed by atoms with E-state index >= 15 is 0 Å². The molecule has 1 aromatic carbocycles. The van der Waals surface area contributed by atoms with Crippen LogP contribution in [0.3, 0.4) is 0 Å². The van der Waals surface area contributed by atoms with E-state index in [-0.39, 0.29) is 0 Å². The Labute approximate surface area is 119 Å². The molecule has 2 rings (SSSR count). The van der Waals surface area contributed by atoms with Crippen molar-refractivity contribution in [3.05, 3.63) is 41.7 Å². The van der Waals surface area contributed by atoms with Gasteiger partial charge in [0.15, 0.2) is 0 Å². The van der Waals surface area contributed by atoms with E-state index in [4.69, 9.17) is 4.74 Å². The van der Waals surface area contributed by atoms with E-state index in [9.17, 15) is 0 Å². The SMILES string of the molecule is CCc1c(NC)ncnc1Nc1cccc(COC)c1. The van der Waals surface area contributed by atoms with Gasteiger partial charge >= 0.3 is 0 Å². The molecule has 1 heterocycles. The highest BCUT2D eigenvalue weighted by atomic mass is 16.5. The van der Waals surface area contributed by atoms with Crippen molar-refractivity contribution < 1.29 is 4.74 Å². The maximum atomic E-state index is 5.15. The zero-order valence-electron chi connectivity index (χ0n) is 12.1. The van der Waals surface area contributed by atoms with Crippen LogP contribution in [0.4, 0.5) is 17.3 Å². The summed E-state index contributed by atoms with van der Waals surface area (Å²) in [6.45, 7) is 2.69. The Morgan fingerprint density at radius 1 is 1.20 bits per heavy atom. The Bertz CT molecular complexity index is 572. The standard InChI is InChI=1S/C15H20N4O/c1-4-13-14(16-2)17-10-18-15(13)19-12-7-5-6-11(8-12)9-20-3/h5-8,10H,4,9H2,1-3H3,(H2,16,17,18,19). The highest BCUT2D eigenvalue weighted by molar-refractivity contribution is 5.65. The molecule has 0 saturated heterocycles. The number of nitrogens with one attached hydrogen (secondary N) is 2. The highest BCUT2D eigenvalue weighted by Gasteiger charge is 2.08. The Hall–Kier alpha value is -2.14. The number of benzene rings is 1. The van der Waals surface area contributed by atoms with E-state index in [1.54, 1.807) is 13.4 Å². The van der Waals surface area contributed by atoms with Crippen LogP contribution in [-0.2, 0) is 17.8 Å². The first kappa shape index (κ1) is 14.3. The summed E-state index contributed by atoms with van der Waals surface area (Å²) in [5, 5.41) is 6.44. The predicted octanol–water partition coefficient (Wildman–Crippen LogP) is 2.97. The molecule has 2 N–H and O–H groups in total. The van der Waals surface area contributed by atoms with Gasteiger partial charge in [-0.25, -0.2) is 9.97 Å². The summed E-state index contributed by atoms with van der Waals surface area (Å²) in [6, 6.07) is 8.11. The lowest BCUT2D eigenvalue weighted by Gasteiger charge is -2.13. The van der Waals surface area contributed by atoms with Gasteiger partial charge in [-0.05, 0) is 24.1 Å². The number of methoxy groups -OCH3 is 1. The van der Waals surface area contributed by atoms with E-state index < -0.39 is 0 Å². The number of aromatic nitrogens is 2. The van der Waals surface area contributed by atoms with Gasteiger partial charge in [0.1, 0.15) is 18.0 Å². The van der Waals surface area contributed by atoms with Gasteiger partial charge < -0.3 is 15.4 Å². The zero-order valence-corrected chi connectivity index (χ0v) is 12.1. The first-order valence-electron chi connectivity index (χ1n) is 6.65. The molecular formula is C15H20N4O. The second kappa shape index (κ2) is 6.86. The lowest BCUT2D eigenvalue weighted by molar-refractivity contribution is 0.185. The first-order valence-corrected chi connectivity index (χ1v) is 6.65. The molecule has 1 aromatic heterocycles. The molecule has 0 atom stereocenters. The van der Waals surface area contributed by atoms with Crippen LogP contribution in [0.2, 0.25) is 0 Å². The average molecular weight is 272 g/mol. The molecule has 0 saturated carbocycles. The van der Waals surface area contributed by atoms with Crippen molar-refractivity contribution in [2.45, 2.75) is 20.0 Å². The first-order chi connectivity index (χ1) is 9.78. The van der Waals surface area contributed by atoms with Gasteiger partial charge in [0.2, 0.25) is 0 Å². The van der Waals surface area contributed by atoms with Gasteiger partial charge in [0.25, 0.3) is 0 Å². The fourth-order valence-corrected chi connectivity index (χ4v) is 2.11. The molecule has 0 aliphatic heterocycles. The van der Waals surface area contributed by atoms with Crippen LogP contribution in [0.5, 0.6) is 0 Å². The maximum absolute atomic E-state index is 5.15. The molecule has 106 valence electrons. The lowest BCUT2D eigenvalue weighted by Crippen LogP contribution is -2.05. The molecule has 0 amide bonds. The van der Waals surface area contributed by atoms with Crippen LogP contribution < -0.4 is 10.6 Å². The van der Waals surface area contributed by atoms with Crippen molar-refractivity contribution in [1.82, 2.24) is 9.97 Å². The highest BCUT2D eigenvalue weighted by Crippen LogP contribution is 2.24. The molecule has 5 nitrogen and oxygen atoms in total. The quantitative estimate of drug-likeness (QED) is 0.846. The van der Waals surface area contributed by atoms with E-state index in [0.29, 0.717) is 6.61 Å². The molecule has 0 aliphatic carbocycles. The van der Waals surface area contributed by atoms with Crippen LogP contribution in [0.25, 0.3) is 0 Å². The Balaban J connectivity index is 2.27. The Morgan fingerprint density at radius 2 is 2.00 bits per heavy atom. The Morgan fingerprint density at radius 3 is 2.70 bits per heavy atom. The molecule has 0 unspecified atom stereocenters. The summed E-state index contributed by atoms with van der Waals surface area (Å²) in [4.78, 5) is 8.57. The fourth-order valence-electron chi connectivity index (χ4n) is 2.11. The van der Waals surface area contributed by atoms with E-state index in [1.165, 1.54) is 0 Å². The van der Waals surface area contributed by atoms with Gasteiger partial charge in [-0.15, -0.1) is 0 Å². The third kappa shape index (κ3) is 3.24. The van der Waals surface area contributed by atoms with E-state index in [2.05, 4.69) is 33.6 Å². The average Bonchev–Trinajstić information content (AvgIpc) is 2.47. The molecule has 0 fully saturated rings. The number of ether oxygens (including phenoxy) is 1. The van der Waals surface area contributed by atoms with Crippen LogP contribution >= 0.6 is 0 Å². The Kier molecular flexibility index (Phi) is 4.90. The summed E-state index contributed by atoms with van der Waals surface area (Å²) >= 11 is 0. The number of nitrogens with zero attached hydrogens (tertiary/aromatic N) is 2. The van der Waals surface area contributed by atoms with Gasteiger partial charge in [0, 0.05) is 25.4 Å². The molecule has 2 aromatic rings. The second-order valence-electron chi connectivity index (χ2n) is 4.41. The van der Waals surface area contributed by atoms with E-state index in [1.807, 2.05) is 25.2 Å². The molecular weight excluding hydrogens is 252 g/mol. The molecule has 5 heteroatoms. The fraction of sp³-hybridized carbons (Fsp3) is 0.333. The van der Waals surface area contributed by atoms with Gasteiger partial charge in [-0.3, -0.25) is 0 Å². The molecule has 0 bridgehead atoms. The van der Waals surface area contributed by atoms with Gasteiger partial charge in [-0.1, -0.05) is 19.1 Å². The normalized spacial score (nSPS) is 10.3. The molecule has 0 spiro atoms. The predicted molar refractivity (Wildman–Crippen MR) is 81.4 cm³/mol. The summed E-state index contributed by atoms with van der Waals surface area (Å²) in [6.07, 6.45) is 2.42. The minimum absolute atomic E-state index is 0.599. The van der Waals surface area contributed by atoms with Crippen molar-refractivity contribution in [2.24, 2.45) is 0 Å². The topological polar surface area (TPSA) is 59.1 Å². The smallest absolute Gasteiger partial charge is 0.139 e. The number of anilines is 3.